The molecule has 0 spiro atoms. The van der Waals surface area contributed by atoms with Crippen LogP contribution in [0.4, 0.5) is 5.69 Å². The van der Waals surface area contributed by atoms with E-state index in [4.69, 9.17) is 5.73 Å². The molecule has 1 aliphatic rings. The second-order valence-corrected chi connectivity index (χ2v) is 5.71. The summed E-state index contributed by atoms with van der Waals surface area (Å²) in [4.78, 5) is 0. The van der Waals surface area contributed by atoms with E-state index in [0.717, 1.165) is 35.5 Å². The number of aryl methyl sites for hydroxylation is 1. The minimum absolute atomic E-state index is 0.0228. The lowest BCUT2D eigenvalue weighted by Crippen LogP contribution is -2.28. The van der Waals surface area contributed by atoms with E-state index in [2.05, 4.69) is 28.5 Å². The normalized spacial score (nSPS) is 17.8. The molecule has 19 heavy (non-hydrogen) atoms. The Morgan fingerprint density at radius 3 is 2.74 bits per heavy atom. The number of nitrogens with zero attached hydrogens (tertiary/aromatic N) is 4. The molecule has 0 bridgehead atoms. The Balaban J connectivity index is 2.12. The molecular weight excluding hydrogens is 238 g/mol. The van der Waals surface area contributed by atoms with Gasteiger partial charge in [0.1, 0.15) is 0 Å². The van der Waals surface area contributed by atoms with E-state index in [0.29, 0.717) is 0 Å². The maximum absolute atomic E-state index is 6.08. The topological polar surface area (TPSA) is 69.6 Å². The van der Waals surface area contributed by atoms with E-state index >= 15 is 0 Å². The number of benzene rings is 1. The number of nitrogen functional groups attached to an aromatic ring is 1. The molecule has 0 radical (unpaired) electrons. The van der Waals surface area contributed by atoms with Crippen molar-refractivity contribution in [1.82, 2.24) is 20.2 Å². The highest BCUT2D eigenvalue weighted by atomic mass is 15.6. The van der Waals surface area contributed by atoms with E-state index in [1.807, 2.05) is 23.7 Å². The van der Waals surface area contributed by atoms with Crippen LogP contribution in [0.1, 0.15) is 38.2 Å². The monoisotopic (exact) mass is 257 g/mol. The van der Waals surface area contributed by atoms with Crippen LogP contribution in [-0.2, 0) is 5.54 Å². The van der Waals surface area contributed by atoms with E-state index in [9.17, 15) is 0 Å². The van der Waals surface area contributed by atoms with Crippen molar-refractivity contribution >= 4 is 5.69 Å². The number of hydrogen-bond acceptors (Lipinski definition) is 4. The first kappa shape index (κ1) is 12.1. The molecule has 2 N–H and O–H groups in total. The van der Waals surface area contributed by atoms with Crippen molar-refractivity contribution in [1.29, 1.82) is 0 Å². The predicted molar refractivity (Wildman–Crippen MR) is 74.5 cm³/mol. The SMILES string of the molecule is Cc1ccc(N)c(-c2nnnn2C2(C)CCCC2)c1. The first-order chi connectivity index (χ1) is 9.10. The highest BCUT2D eigenvalue weighted by Crippen LogP contribution is 2.38. The van der Waals surface area contributed by atoms with Gasteiger partial charge >= 0.3 is 0 Å². The number of tetrazole rings is 1. The van der Waals surface area contributed by atoms with Crippen molar-refractivity contribution in [2.75, 3.05) is 5.73 Å². The Hall–Kier alpha value is -1.91. The fourth-order valence-corrected chi connectivity index (χ4v) is 2.93. The van der Waals surface area contributed by atoms with Gasteiger partial charge in [0.2, 0.25) is 0 Å². The fraction of sp³-hybridized carbons (Fsp3) is 0.500. The van der Waals surface area contributed by atoms with Crippen molar-refractivity contribution in [3.05, 3.63) is 23.8 Å². The second-order valence-electron chi connectivity index (χ2n) is 5.71. The van der Waals surface area contributed by atoms with Crippen LogP contribution in [0.3, 0.4) is 0 Å². The first-order valence-corrected chi connectivity index (χ1v) is 6.75. The summed E-state index contributed by atoms with van der Waals surface area (Å²) in [6.07, 6.45) is 4.71. The number of anilines is 1. The zero-order chi connectivity index (χ0) is 13.5. The summed E-state index contributed by atoms with van der Waals surface area (Å²) >= 11 is 0. The molecule has 100 valence electrons. The average molecular weight is 257 g/mol. The number of nitrogens with two attached hydrogens (primary N) is 1. The molecule has 1 aliphatic carbocycles. The summed E-state index contributed by atoms with van der Waals surface area (Å²) in [7, 11) is 0. The molecule has 1 aromatic carbocycles. The molecule has 1 fully saturated rings. The van der Waals surface area contributed by atoms with Crippen molar-refractivity contribution in [3.8, 4) is 11.4 Å². The standard InChI is InChI=1S/C14H19N5/c1-10-5-6-12(15)11(9-10)13-16-17-18-19(13)14(2)7-3-4-8-14/h5-6,9H,3-4,7-8,15H2,1-2H3. The van der Waals surface area contributed by atoms with E-state index in [1.54, 1.807) is 0 Å². The molecule has 1 aromatic heterocycles. The van der Waals surface area contributed by atoms with E-state index < -0.39 is 0 Å². The van der Waals surface area contributed by atoms with Crippen LogP contribution >= 0.6 is 0 Å². The smallest absolute Gasteiger partial charge is 0.184 e. The van der Waals surface area contributed by atoms with Crippen LogP contribution < -0.4 is 5.73 Å². The molecule has 1 heterocycles. The fourth-order valence-electron chi connectivity index (χ4n) is 2.93. The van der Waals surface area contributed by atoms with Gasteiger partial charge < -0.3 is 5.73 Å². The average Bonchev–Trinajstić information content (AvgIpc) is 3.01. The van der Waals surface area contributed by atoms with Crippen molar-refractivity contribution in [3.63, 3.8) is 0 Å². The second kappa shape index (κ2) is 4.33. The Kier molecular flexibility index (Phi) is 2.77. The van der Waals surface area contributed by atoms with Gasteiger partial charge in [-0.2, -0.15) is 0 Å². The van der Waals surface area contributed by atoms with Crippen LogP contribution in [0, 0.1) is 6.92 Å². The molecule has 5 heteroatoms. The van der Waals surface area contributed by atoms with E-state index in [-0.39, 0.29) is 5.54 Å². The van der Waals surface area contributed by atoms with Gasteiger partial charge in [0.25, 0.3) is 0 Å². The minimum Gasteiger partial charge on any atom is -0.398 e. The Morgan fingerprint density at radius 1 is 1.26 bits per heavy atom. The van der Waals surface area contributed by atoms with E-state index in [1.165, 1.54) is 12.8 Å². The molecule has 2 aromatic rings. The highest BCUT2D eigenvalue weighted by molar-refractivity contribution is 5.72. The largest absolute Gasteiger partial charge is 0.398 e. The Bertz CT molecular complexity index is 596. The van der Waals surface area contributed by atoms with Crippen LogP contribution in [-0.4, -0.2) is 20.2 Å². The molecule has 0 amide bonds. The van der Waals surface area contributed by atoms with Gasteiger partial charge in [0, 0.05) is 11.3 Å². The summed E-state index contributed by atoms with van der Waals surface area (Å²) in [6, 6.07) is 5.97. The third kappa shape index (κ3) is 1.99. The molecular formula is C14H19N5. The summed E-state index contributed by atoms with van der Waals surface area (Å²) in [5.74, 6) is 0.783. The van der Waals surface area contributed by atoms with Gasteiger partial charge in [-0.25, -0.2) is 4.68 Å². The van der Waals surface area contributed by atoms with Crippen molar-refractivity contribution < 1.29 is 0 Å². The highest BCUT2D eigenvalue weighted by Gasteiger charge is 2.34. The molecule has 0 unspecified atom stereocenters. The number of aromatic nitrogens is 4. The zero-order valence-electron chi connectivity index (χ0n) is 11.4. The summed E-state index contributed by atoms with van der Waals surface area (Å²) in [5.41, 5.74) is 8.92. The van der Waals surface area contributed by atoms with Gasteiger partial charge in [-0.3, -0.25) is 0 Å². The lowest BCUT2D eigenvalue weighted by Gasteiger charge is -2.25. The maximum atomic E-state index is 6.08. The minimum atomic E-state index is 0.0228. The molecule has 5 nitrogen and oxygen atoms in total. The lowest BCUT2D eigenvalue weighted by atomic mass is 10.00. The maximum Gasteiger partial charge on any atom is 0.184 e. The summed E-state index contributed by atoms with van der Waals surface area (Å²) < 4.78 is 1.96. The molecule has 0 aliphatic heterocycles. The quantitative estimate of drug-likeness (QED) is 0.839. The van der Waals surface area contributed by atoms with Crippen molar-refractivity contribution in [2.45, 2.75) is 45.1 Å². The van der Waals surface area contributed by atoms with Crippen molar-refractivity contribution in [2.24, 2.45) is 0 Å². The number of rotatable bonds is 2. The van der Waals surface area contributed by atoms with Gasteiger partial charge in [0.05, 0.1) is 5.54 Å². The predicted octanol–water partition coefficient (Wildman–Crippen LogP) is 2.52. The van der Waals surface area contributed by atoms with Crippen LogP contribution in [0.5, 0.6) is 0 Å². The first-order valence-electron chi connectivity index (χ1n) is 6.75. The number of hydrogen-bond donors (Lipinski definition) is 1. The molecule has 3 rings (SSSR count). The third-order valence-corrected chi connectivity index (χ3v) is 4.11. The Morgan fingerprint density at radius 2 is 2.00 bits per heavy atom. The van der Waals surface area contributed by atoms with Gasteiger partial charge in [-0.15, -0.1) is 5.10 Å². The summed E-state index contributed by atoms with van der Waals surface area (Å²) in [6.45, 7) is 4.28. The zero-order valence-corrected chi connectivity index (χ0v) is 11.4. The van der Waals surface area contributed by atoms with Gasteiger partial charge in [-0.1, -0.05) is 24.5 Å². The Labute approximate surface area is 112 Å². The lowest BCUT2D eigenvalue weighted by molar-refractivity contribution is 0.293. The molecule has 1 saturated carbocycles. The van der Waals surface area contributed by atoms with Gasteiger partial charge in [0.15, 0.2) is 5.82 Å². The molecule has 0 atom stereocenters. The summed E-state index contributed by atoms with van der Waals surface area (Å²) in [5, 5.41) is 12.3. The van der Waals surface area contributed by atoms with Gasteiger partial charge in [-0.05, 0) is 49.2 Å². The van der Waals surface area contributed by atoms with Crippen LogP contribution in [0.2, 0.25) is 0 Å². The van der Waals surface area contributed by atoms with Crippen LogP contribution in [0.25, 0.3) is 11.4 Å². The van der Waals surface area contributed by atoms with Crippen LogP contribution in [0.15, 0.2) is 18.2 Å². The molecule has 0 saturated heterocycles. The third-order valence-electron chi connectivity index (χ3n) is 4.11.